The van der Waals surface area contributed by atoms with E-state index in [2.05, 4.69) is 165 Å². The number of hydrogen-bond donors (Lipinski definition) is 0. The van der Waals surface area contributed by atoms with Crippen molar-refractivity contribution in [2.45, 2.75) is 0 Å². The average molecular weight is 700 g/mol. The van der Waals surface area contributed by atoms with Crippen LogP contribution in [0.1, 0.15) is 11.1 Å². The lowest BCUT2D eigenvalue weighted by Gasteiger charge is -2.16. The Bertz CT molecular complexity index is 3400. The molecule has 0 saturated heterocycles. The molecule has 3 aromatic heterocycles. The van der Waals surface area contributed by atoms with E-state index in [1.54, 1.807) is 0 Å². The summed E-state index contributed by atoms with van der Waals surface area (Å²) in [5, 5.41) is 27.5. The van der Waals surface area contributed by atoms with E-state index in [-0.39, 0.29) is 0 Å². The van der Waals surface area contributed by atoms with Gasteiger partial charge >= 0.3 is 0 Å². The SMILES string of the molecule is N#Cc1ccc(-c2ccc(-n3c4ccccc4c4cccc(C#N)c43)cc2)cc1-n1c2ccccc2c2cccc(-n3c4ccccc4c4ccccc43)c21. The summed E-state index contributed by atoms with van der Waals surface area (Å²) in [6.07, 6.45) is 0. The molecule has 0 saturated carbocycles. The van der Waals surface area contributed by atoms with Crippen LogP contribution in [0.5, 0.6) is 0 Å². The molecule has 0 bridgehead atoms. The molecule has 0 N–H and O–H groups in total. The summed E-state index contributed by atoms with van der Waals surface area (Å²) in [5.74, 6) is 0. The standard InChI is InChI=1S/C50H29N5/c51-30-34-24-23-33(32-25-27-36(28-26-32)53-43-18-5-3-14-39(43)41-16-9-11-35(31-52)49(41)53)29-48(34)55-46-21-8-4-15-40(46)42-17-10-22-47(50(42)55)54-44-19-6-1-12-37(44)38-13-2-7-20-45(38)54/h1-29H. The van der Waals surface area contributed by atoms with Gasteiger partial charge in [0, 0.05) is 38.0 Å². The van der Waals surface area contributed by atoms with E-state index >= 15 is 0 Å². The monoisotopic (exact) mass is 699 g/mol. The molecule has 5 heteroatoms. The van der Waals surface area contributed by atoms with Gasteiger partial charge in [0.25, 0.3) is 0 Å². The van der Waals surface area contributed by atoms with Crippen molar-refractivity contribution in [2.24, 2.45) is 0 Å². The smallest absolute Gasteiger partial charge is 0.101 e. The number of aromatic nitrogens is 3. The zero-order chi connectivity index (χ0) is 36.6. The van der Waals surface area contributed by atoms with Crippen LogP contribution < -0.4 is 0 Å². The van der Waals surface area contributed by atoms with Gasteiger partial charge in [-0.3, -0.25) is 0 Å². The van der Waals surface area contributed by atoms with Crippen molar-refractivity contribution in [3.05, 3.63) is 187 Å². The third-order valence-corrected chi connectivity index (χ3v) is 11.1. The molecule has 0 unspecified atom stereocenters. The molecular weight excluding hydrogens is 671 g/mol. The first kappa shape index (κ1) is 30.7. The van der Waals surface area contributed by atoms with Gasteiger partial charge in [0.15, 0.2) is 0 Å². The molecule has 0 aliphatic heterocycles. The molecule has 0 amide bonds. The highest BCUT2D eigenvalue weighted by Crippen LogP contribution is 2.41. The molecule has 0 aliphatic rings. The Hall–Kier alpha value is -7.86. The largest absolute Gasteiger partial charge is 0.308 e. The minimum atomic E-state index is 0.592. The van der Waals surface area contributed by atoms with Gasteiger partial charge in [0.1, 0.15) is 12.1 Å². The average Bonchev–Trinajstić information content (AvgIpc) is 3.90. The molecule has 254 valence electrons. The van der Waals surface area contributed by atoms with Gasteiger partial charge in [-0.1, -0.05) is 115 Å². The number of benzene rings is 8. The fourth-order valence-electron chi connectivity index (χ4n) is 8.78. The van der Waals surface area contributed by atoms with E-state index in [9.17, 15) is 10.5 Å². The van der Waals surface area contributed by atoms with Crippen molar-refractivity contribution in [1.82, 2.24) is 13.7 Å². The molecule has 11 aromatic rings. The van der Waals surface area contributed by atoms with Crippen molar-refractivity contribution in [3.63, 3.8) is 0 Å². The van der Waals surface area contributed by atoms with Crippen LogP contribution in [0, 0.1) is 22.7 Å². The number of hydrogen-bond acceptors (Lipinski definition) is 2. The quantitative estimate of drug-likeness (QED) is 0.184. The molecule has 0 atom stereocenters. The minimum absolute atomic E-state index is 0.592. The van der Waals surface area contributed by atoms with Crippen molar-refractivity contribution in [3.8, 4) is 40.3 Å². The molecule has 8 aromatic carbocycles. The van der Waals surface area contributed by atoms with E-state index in [1.807, 2.05) is 36.4 Å². The van der Waals surface area contributed by atoms with Crippen LogP contribution >= 0.6 is 0 Å². The van der Waals surface area contributed by atoms with E-state index < -0.39 is 0 Å². The Kier molecular flexibility index (Phi) is 6.61. The summed E-state index contributed by atoms with van der Waals surface area (Å²) in [6.45, 7) is 0. The van der Waals surface area contributed by atoms with Crippen molar-refractivity contribution >= 4 is 65.4 Å². The van der Waals surface area contributed by atoms with E-state index in [0.29, 0.717) is 11.1 Å². The number of nitriles is 2. The van der Waals surface area contributed by atoms with Crippen molar-refractivity contribution in [2.75, 3.05) is 0 Å². The molecule has 0 fully saturated rings. The number of fused-ring (bicyclic) bond motifs is 9. The van der Waals surface area contributed by atoms with Crippen LogP contribution in [-0.2, 0) is 0 Å². The highest BCUT2D eigenvalue weighted by molar-refractivity contribution is 6.15. The molecule has 0 spiro atoms. The maximum Gasteiger partial charge on any atom is 0.101 e. The maximum atomic E-state index is 10.6. The summed E-state index contributed by atoms with van der Waals surface area (Å²) < 4.78 is 6.83. The minimum Gasteiger partial charge on any atom is -0.308 e. The Labute approximate surface area is 316 Å². The summed E-state index contributed by atoms with van der Waals surface area (Å²) >= 11 is 0. The molecule has 11 rings (SSSR count). The summed E-state index contributed by atoms with van der Waals surface area (Å²) in [6, 6.07) is 65.9. The highest BCUT2D eigenvalue weighted by Gasteiger charge is 2.22. The van der Waals surface area contributed by atoms with Crippen LogP contribution in [0.4, 0.5) is 0 Å². The summed E-state index contributed by atoms with van der Waals surface area (Å²) in [5.41, 5.74) is 12.4. The topological polar surface area (TPSA) is 62.4 Å². The van der Waals surface area contributed by atoms with Crippen molar-refractivity contribution in [1.29, 1.82) is 10.5 Å². The molecular formula is C50H29N5. The zero-order valence-corrected chi connectivity index (χ0v) is 29.5. The fraction of sp³-hybridized carbons (Fsp3) is 0. The number of nitrogens with zero attached hydrogens (tertiary/aromatic N) is 5. The molecule has 5 nitrogen and oxygen atoms in total. The number of rotatable bonds is 4. The molecule has 55 heavy (non-hydrogen) atoms. The van der Waals surface area contributed by atoms with Gasteiger partial charge in [0.05, 0.1) is 55.6 Å². The maximum absolute atomic E-state index is 10.6. The Morgan fingerprint density at radius 3 is 1.40 bits per heavy atom. The lowest BCUT2D eigenvalue weighted by molar-refractivity contribution is 1.12. The predicted molar refractivity (Wildman–Crippen MR) is 224 cm³/mol. The highest BCUT2D eigenvalue weighted by atomic mass is 15.1. The molecule has 0 aliphatic carbocycles. The first-order chi connectivity index (χ1) is 27.2. The second kappa shape index (κ2) is 11.8. The third-order valence-electron chi connectivity index (χ3n) is 11.1. The Morgan fingerprint density at radius 2 is 0.800 bits per heavy atom. The predicted octanol–water partition coefficient (Wildman–Crippen LogP) is 12.4. The van der Waals surface area contributed by atoms with Crippen LogP contribution in [-0.4, -0.2) is 13.7 Å². The summed E-state index contributed by atoms with van der Waals surface area (Å²) in [4.78, 5) is 0. The van der Waals surface area contributed by atoms with Crippen LogP contribution in [0.3, 0.4) is 0 Å². The van der Waals surface area contributed by atoms with Gasteiger partial charge in [-0.15, -0.1) is 0 Å². The number of para-hydroxylation sites is 6. The van der Waals surface area contributed by atoms with Gasteiger partial charge in [-0.05, 0) is 71.8 Å². The van der Waals surface area contributed by atoms with Gasteiger partial charge < -0.3 is 13.7 Å². The second-order valence-electron chi connectivity index (χ2n) is 14.0. The molecule has 3 heterocycles. The van der Waals surface area contributed by atoms with Gasteiger partial charge in [-0.2, -0.15) is 10.5 Å². The van der Waals surface area contributed by atoms with E-state index in [0.717, 1.165) is 82.8 Å². The van der Waals surface area contributed by atoms with Gasteiger partial charge in [-0.25, -0.2) is 0 Å². The second-order valence-corrected chi connectivity index (χ2v) is 14.0. The van der Waals surface area contributed by atoms with Crippen LogP contribution in [0.15, 0.2) is 176 Å². The van der Waals surface area contributed by atoms with Gasteiger partial charge in [0.2, 0.25) is 0 Å². The van der Waals surface area contributed by atoms with Crippen molar-refractivity contribution < 1.29 is 0 Å². The lowest BCUT2D eigenvalue weighted by Crippen LogP contribution is -2.02. The van der Waals surface area contributed by atoms with E-state index in [4.69, 9.17) is 0 Å². The van der Waals surface area contributed by atoms with Crippen LogP contribution in [0.2, 0.25) is 0 Å². The van der Waals surface area contributed by atoms with E-state index in [1.165, 1.54) is 10.8 Å². The first-order valence-electron chi connectivity index (χ1n) is 18.3. The Morgan fingerprint density at radius 1 is 0.327 bits per heavy atom. The Balaban J connectivity index is 1.13. The zero-order valence-electron chi connectivity index (χ0n) is 29.5. The third kappa shape index (κ3) is 4.39. The fourth-order valence-corrected chi connectivity index (χ4v) is 8.78. The lowest BCUT2D eigenvalue weighted by atomic mass is 10.0. The van der Waals surface area contributed by atoms with Crippen LogP contribution in [0.25, 0.3) is 93.6 Å². The summed E-state index contributed by atoms with van der Waals surface area (Å²) in [7, 11) is 0. The normalized spacial score (nSPS) is 11.6. The first-order valence-corrected chi connectivity index (χ1v) is 18.3. The molecule has 0 radical (unpaired) electrons.